The molecule has 0 saturated heterocycles. The number of hydrogen-bond acceptors (Lipinski definition) is 1. The fraction of sp³-hybridized carbons (Fsp3) is 0.200. The van der Waals surface area contributed by atoms with Crippen LogP contribution in [-0.4, -0.2) is 0 Å². The van der Waals surface area contributed by atoms with Gasteiger partial charge in [0.2, 0.25) is 0 Å². The van der Waals surface area contributed by atoms with Gasteiger partial charge in [-0.3, -0.25) is 0 Å². The number of benzene rings is 1. The molecule has 0 fully saturated rings. The number of alkyl halides is 2. The van der Waals surface area contributed by atoms with Crippen LogP contribution in [0, 0.1) is 6.92 Å². The molecule has 0 N–H and O–H groups in total. The minimum Gasteiger partial charge on any atom is -0.461 e. The van der Waals surface area contributed by atoms with E-state index in [4.69, 9.17) is 4.42 Å². The highest BCUT2D eigenvalue weighted by molar-refractivity contribution is 9.10. The lowest BCUT2D eigenvalue weighted by Crippen LogP contribution is -1.84. The monoisotopic (exact) mass is 260 g/mol. The van der Waals surface area contributed by atoms with E-state index in [1.165, 1.54) is 6.07 Å². The van der Waals surface area contributed by atoms with Gasteiger partial charge < -0.3 is 4.42 Å². The van der Waals surface area contributed by atoms with E-state index < -0.39 is 6.43 Å². The van der Waals surface area contributed by atoms with E-state index in [2.05, 4.69) is 15.9 Å². The summed E-state index contributed by atoms with van der Waals surface area (Å²) in [7, 11) is 0. The summed E-state index contributed by atoms with van der Waals surface area (Å²) in [6, 6.07) is 4.73. The van der Waals surface area contributed by atoms with Crippen LogP contribution in [0.5, 0.6) is 0 Å². The lowest BCUT2D eigenvalue weighted by molar-refractivity contribution is 0.151. The Hall–Kier alpha value is -0.900. The first-order valence-corrected chi connectivity index (χ1v) is 4.85. The molecular formula is C10H7BrF2O. The number of furan rings is 1. The van der Waals surface area contributed by atoms with Gasteiger partial charge in [0, 0.05) is 9.86 Å². The van der Waals surface area contributed by atoms with E-state index in [-0.39, 0.29) is 11.1 Å². The minimum atomic E-state index is -2.50. The zero-order valence-electron chi connectivity index (χ0n) is 7.35. The van der Waals surface area contributed by atoms with Crippen molar-refractivity contribution in [2.45, 2.75) is 13.3 Å². The number of aryl methyl sites for hydroxylation is 1. The first kappa shape index (κ1) is 9.65. The van der Waals surface area contributed by atoms with E-state index in [0.29, 0.717) is 11.1 Å². The highest BCUT2D eigenvalue weighted by atomic mass is 79.9. The minimum absolute atomic E-state index is 0.0590. The molecule has 14 heavy (non-hydrogen) atoms. The Morgan fingerprint density at radius 2 is 2.07 bits per heavy atom. The molecule has 0 aliphatic carbocycles. The molecule has 2 rings (SSSR count). The molecule has 1 aromatic heterocycles. The molecule has 4 heteroatoms. The highest BCUT2D eigenvalue weighted by Gasteiger charge is 2.16. The normalized spacial score (nSPS) is 11.5. The predicted molar refractivity (Wildman–Crippen MR) is 53.6 cm³/mol. The van der Waals surface area contributed by atoms with Crippen molar-refractivity contribution in [2.24, 2.45) is 0 Å². The number of hydrogen-bond donors (Lipinski definition) is 0. The van der Waals surface area contributed by atoms with Crippen LogP contribution in [0.2, 0.25) is 0 Å². The molecule has 0 aliphatic heterocycles. The zero-order chi connectivity index (χ0) is 10.3. The fourth-order valence-electron chi connectivity index (χ4n) is 1.41. The molecule has 0 spiro atoms. The third-order valence-electron chi connectivity index (χ3n) is 2.02. The molecule has 0 radical (unpaired) electrons. The Morgan fingerprint density at radius 3 is 2.71 bits per heavy atom. The van der Waals surface area contributed by atoms with E-state index in [0.717, 1.165) is 4.47 Å². The Kier molecular flexibility index (Phi) is 2.31. The van der Waals surface area contributed by atoms with Crippen molar-refractivity contribution >= 4 is 26.9 Å². The summed E-state index contributed by atoms with van der Waals surface area (Å²) in [4.78, 5) is 0. The van der Waals surface area contributed by atoms with Gasteiger partial charge in [0.15, 0.2) is 0 Å². The molecule has 1 aromatic carbocycles. The van der Waals surface area contributed by atoms with Crippen LogP contribution in [-0.2, 0) is 0 Å². The quantitative estimate of drug-likeness (QED) is 0.739. The molecule has 0 saturated carbocycles. The van der Waals surface area contributed by atoms with E-state index in [9.17, 15) is 8.78 Å². The lowest BCUT2D eigenvalue weighted by Gasteiger charge is -2.01. The number of fused-ring (bicyclic) bond motifs is 1. The van der Waals surface area contributed by atoms with Crippen molar-refractivity contribution in [3.8, 4) is 0 Å². The summed E-state index contributed by atoms with van der Waals surface area (Å²) in [5.41, 5.74) is 0.211. The van der Waals surface area contributed by atoms with Gasteiger partial charge in [0.05, 0.1) is 5.56 Å². The summed E-state index contributed by atoms with van der Waals surface area (Å²) in [5.74, 6) is 0.633. The van der Waals surface area contributed by atoms with Gasteiger partial charge in [-0.15, -0.1) is 0 Å². The smallest absolute Gasteiger partial charge is 0.267 e. The van der Waals surface area contributed by atoms with Crippen molar-refractivity contribution in [2.75, 3.05) is 0 Å². The third kappa shape index (κ3) is 1.43. The molecule has 0 aliphatic rings. The van der Waals surface area contributed by atoms with Crippen molar-refractivity contribution in [3.05, 3.63) is 34.0 Å². The molecular weight excluding hydrogens is 254 g/mol. The molecule has 0 bridgehead atoms. The Balaban J connectivity index is 2.81. The van der Waals surface area contributed by atoms with Gasteiger partial charge in [-0.2, -0.15) is 0 Å². The standard InChI is InChI=1S/C10H7BrF2O/c1-5-4-7-8(11)3-2-6(10(12)13)9(7)14-5/h2-4,10H,1H3. The average Bonchev–Trinajstić information content (AvgIpc) is 2.47. The SMILES string of the molecule is Cc1cc2c(Br)ccc(C(F)F)c2o1. The maximum Gasteiger partial charge on any atom is 0.267 e. The van der Waals surface area contributed by atoms with E-state index in [1.54, 1.807) is 19.1 Å². The number of halogens is 3. The first-order valence-electron chi connectivity index (χ1n) is 4.06. The maximum atomic E-state index is 12.6. The summed E-state index contributed by atoms with van der Waals surface area (Å²) in [5, 5.41) is 0.695. The van der Waals surface area contributed by atoms with Gasteiger partial charge >= 0.3 is 0 Å². The van der Waals surface area contributed by atoms with Crippen LogP contribution in [0.3, 0.4) is 0 Å². The van der Waals surface area contributed by atoms with Crippen LogP contribution in [0.4, 0.5) is 8.78 Å². The Morgan fingerprint density at radius 1 is 1.36 bits per heavy atom. The second-order valence-electron chi connectivity index (χ2n) is 3.04. The predicted octanol–water partition coefficient (Wildman–Crippen LogP) is 4.44. The van der Waals surface area contributed by atoms with Gasteiger partial charge in [-0.05, 0) is 25.1 Å². The van der Waals surface area contributed by atoms with E-state index in [1.807, 2.05) is 0 Å². The maximum absolute atomic E-state index is 12.6. The Labute approximate surface area is 87.8 Å². The lowest BCUT2D eigenvalue weighted by atomic mass is 10.1. The van der Waals surface area contributed by atoms with Crippen molar-refractivity contribution in [3.63, 3.8) is 0 Å². The first-order chi connectivity index (χ1) is 6.59. The Bertz CT molecular complexity index is 476. The molecule has 0 unspecified atom stereocenters. The molecule has 1 heterocycles. The topological polar surface area (TPSA) is 13.1 Å². The van der Waals surface area contributed by atoms with Gasteiger partial charge in [-0.1, -0.05) is 15.9 Å². The summed E-state index contributed by atoms with van der Waals surface area (Å²) >= 11 is 3.29. The van der Waals surface area contributed by atoms with Crippen LogP contribution in [0.1, 0.15) is 17.7 Å². The average molecular weight is 261 g/mol. The molecule has 2 aromatic rings. The summed E-state index contributed by atoms with van der Waals surface area (Å²) in [6.45, 7) is 1.74. The molecule has 0 amide bonds. The zero-order valence-corrected chi connectivity index (χ0v) is 8.94. The van der Waals surface area contributed by atoms with E-state index >= 15 is 0 Å². The molecule has 74 valence electrons. The molecule has 0 atom stereocenters. The van der Waals surface area contributed by atoms with Crippen molar-refractivity contribution < 1.29 is 13.2 Å². The summed E-state index contributed by atoms with van der Waals surface area (Å²) in [6.07, 6.45) is -2.50. The van der Waals surface area contributed by atoms with Gasteiger partial charge in [0.25, 0.3) is 6.43 Å². The van der Waals surface area contributed by atoms with Gasteiger partial charge in [-0.25, -0.2) is 8.78 Å². The summed E-state index contributed by atoms with van der Waals surface area (Å²) < 4.78 is 31.1. The second-order valence-corrected chi connectivity index (χ2v) is 3.89. The van der Waals surface area contributed by atoms with Gasteiger partial charge in [0.1, 0.15) is 11.3 Å². The van der Waals surface area contributed by atoms with Crippen LogP contribution < -0.4 is 0 Å². The highest BCUT2D eigenvalue weighted by Crippen LogP contribution is 2.34. The van der Waals surface area contributed by atoms with Crippen LogP contribution >= 0.6 is 15.9 Å². The van der Waals surface area contributed by atoms with Crippen LogP contribution in [0.15, 0.2) is 27.1 Å². The number of rotatable bonds is 1. The van der Waals surface area contributed by atoms with Crippen LogP contribution in [0.25, 0.3) is 11.0 Å². The third-order valence-corrected chi connectivity index (χ3v) is 2.71. The second kappa shape index (κ2) is 3.35. The largest absolute Gasteiger partial charge is 0.461 e. The molecule has 1 nitrogen and oxygen atoms in total. The fourth-order valence-corrected chi connectivity index (χ4v) is 1.83. The van der Waals surface area contributed by atoms with Crippen molar-refractivity contribution in [1.82, 2.24) is 0 Å². The van der Waals surface area contributed by atoms with Crippen molar-refractivity contribution in [1.29, 1.82) is 0 Å².